The average Bonchev–Trinajstić information content (AvgIpc) is 3.34. The summed E-state index contributed by atoms with van der Waals surface area (Å²) >= 11 is 0. The Bertz CT molecular complexity index is 1250. The Hall–Kier alpha value is -3.81. The summed E-state index contributed by atoms with van der Waals surface area (Å²) in [5.74, 6) is 2.30. The Kier molecular flexibility index (Phi) is 8.48. The normalized spacial score (nSPS) is 13.8. The highest BCUT2D eigenvalue weighted by Crippen LogP contribution is 2.40. The number of aliphatic hydroxyl groups is 1. The zero-order valence-corrected chi connectivity index (χ0v) is 21.7. The molecule has 0 amide bonds. The van der Waals surface area contributed by atoms with Crippen molar-refractivity contribution in [3.8, 4) is 23.0 Å². The maximum Gasteiger partial charge on any atom is 0.308 e. The molecule has 0 saturated heterocycles. The number of benzene rings is 3. The molecule has 37 heavy (non-hydrogen) atoms. The lowest BCUT2D eigenvalue weighted by Crippen LogP contribution is -2.30. The van der Waals surface area contributed by atoms with Gasteiger partial charge in [0.2, 0.25) is 6.79 Å². The molecule has 0 saturated carbocycles. The predicted octanol–water partition coefficient (Wildman–Crippen LogP) is 5.01. The van der Waals surface area contributed by atoms with Gasteiger partial charge < -0.3 is 29.0 Å². The maximum absolute atomic E-state index is 11.4. The summed E-state index contributed by atoms with van der Waals surface area (Å²) in [5, 5.41) is 10.1. The van der Waals surface area contributed by atoms with Crippen LogP contribution in [0.3, 0.4) is 0 Å². The first kappa shape index (κ1) is 26.3. The fraction of sp³-hybridized carbons (Fsp3) is 0.300. The number of hydrogen-bond acceptors (Lipinski definition) is 7. The van der Waals surface area contributed by atoms with Crippen LogP contribution in [0.1, 0.15) is 37.0 Å². The van der Waals surface area contributed by atoms with Crippen molar-refractivity contribution in [3.63, 3.8) is 0 Å². The van der Waals surface area contributed by atoms with Gasteiger partial charge in [-0.15, -0.1) is 0 Å². The van der Waals surface area contributed by atoms with Crippen LogP contribution in [-0.4, -0.2) is 56.1 Å². The molecule has 7 nitrogen and oxygen atoms in total. The molecule has 0 bridgehead atoms. The van der Waals surface area contributed by atoms with Crippen LogP contribution in [0.25, 0.3) is 11.1 Å². The number of carbonyl (C=O) groups excluding carboxylic acids is 1. The zero-order chi connectivity index (χ0) is 26.4. The van der Waals surface area contributed by atoms with Gasteiger partial charge in [-0.2, -0.15) is 0 Å². The quantitative estimate of drug-likeness (QED) is 0.237. The number of allylic oxidation sites excluding steroid dienone is 1. The van der Waals surface area contributed by atoms with Gasteiger partial charge in [0.05, 0.1) is 0 Å². The Morgan fingerprint density at radius 3 is 2.11 bits per heavy atom. The molecule has 1 N–H and O–H groups in total. The lowest BCUT2D eigenvalue weighted by Gasteiger charge is -2.18. The molecule has 0 aliphatic carbocycles. The van der Waals surface area contributed by atoms with Crippen LogP contribution in [0.4, 0.5) is 0 Å². The molecule has 1 unspecified atom stereocenters. The highest BCUT2D eigenvalue weighted by Gasteiger charge is 2.18. The molecule has 7 heteroatoms. The summed E-state index contributed by atoms with van der Waals surface area (Å²) in [6.45, 7) is 4.48. The van der Waals surface area contributed by atoms with Crippen LogP contribution >= 0.6 is 0 Å². The minimum absolute atomic E-state index is 0.218. The van der Waals surface area contributed by atoms with Crippen LogP contribution in [0.15, 0.2) is 66.7 Å². The number of fused-ring (bicyclic) bond motifs is 1. The Labute approximate surface area is 217 Å². The smallest absolute Gasteiger partial charge is 0.308 e. The summed E-state index contributed by atoms with van der Waals surface area (Å²) in [7, 11) is 3.83. The Morgan fingerprint density at radius 2 is 1.51 bits per heavy atom. The van der Waals surface area contributed by atoms with Crippen molar-refractivity contribution in [2.75, 3.05) is 34.0 Å². The summed E-state index contributed by atoms with van der Waals surface area (Å²) in [6, 6.07) is 21.4. The number of rotatable bonds is 10. The van der Waals surface area contributed by atoms with E-state index in [-0.39, 0.29) is 19.4 Å². The number of esters is 1. The van der Waals surface area contributed by atoms with Crippen molar-refractivity contribution in [2.45, 2.75) is 26.4 Å². The van der Waals surface area contributed by atoms with Gasteiger partial charge in [0, 0.05) is 13.5 Å². The van der Waals surface area contributed by atoms with Crippen LogP contribution < -0.4 is 18.9 Å². The predicted molar refractivity (Wildman–Crippen MR) is 143 cm³/mol. The molecule has 1 aliphatic heterocycles. The third kappa shape index (κ3) is 6.70. The largest absolute Gasteiger partial charge is 0.491 e. The van der Waals surface area contributed by atoms with E-state index in [9.17, 15) is 9.90 Å². The number of ether oxygens (including phenoxy) is 4. The van der Waals surface area contributed by atoms with Crippen molar-refractivity contribution in [1.82, 2.24) is 4.90 Å². The summed E-state index contributed by atoms with van der Waals surface area (Å²) in [5.41, 5.74) is 5.22. The monoisotopic (exact) mass is 503 g/mol. The molecule has 1 aliphatic rings. The molecule has 194 valence electrons. The van der Waals surface area contributed by atoms with E-state index in [2.05, 4.69) is 6.92 Å². The second-order valence-corrected chi connectivity index (χ2v) is 9.14. The van der Waals surface area contributed by atoms with E-state index in [1.54, 1.807) is 12.1 Å². The molecule has 4 rings (SSSR count). The van der Waals surface area contributed by atoms with E-state index in [1.165, 1.54) is 6.92 Å². The number of likely N-dealkylation sites (N-methyl/N-ethyl adjacent to an activating group) is 1. The van der Waals surface area contributed by atoms with Gasteiger partial charge in [-0.05, 0) is 84.8 Å². The van der Waals surface area contributed by atoms with Gasteiger partial charge in [-0.3, -0.25) is 4.79 Å². The van der Waals surface area contributed by atoms with Crippen molar-refractivity contribution in [3.05, 3.63) is 83.4 Å². The average molecular weight is 504 g/mol. The van der Waals surface area contributed by atoms with E-state index >= 15 is 0 Å². The molecule has 3 aromatic rings. The number of nitrogens with zero attached hydrogens (tertiary/aromatic N) is 1. The minimum atomic E-state index is -0.571. The standard InChI is InChI=1S/C30H33NO6/c1-5-27(23-10-15-28-29(16-23)36-19-35-28)30(22-8-13-26(14-9-22)37-20(2)32)21-6-11-25(12-7-21)34-18-24(33)17-31(3)4/h6-16,24,33H,5,17-19H2,1-4H3/b30-27+. The summed E-state index contributed by atoms with van der Waals surface area (Å²) < 4.78 is 22.2. The van der Waals surface area contributed by atoms with Gasteiger partial charge in [-0.1, -0.05) is 37.3 Å². The highest BCUT2D eigenvalue weighted by molar-refractivity contribution is 5.99. The molecule has 1 heterocycles. The van der Waals surface area contributed by atoms with E-state index < -0.39 is 6.10 Å². The zero-order valence-electron chi connectivity index (χ0n) is 21.7. The number of aliphatic hydroxyl groups excluding tert-OH is 1. The fourth-order valence-electron chi connectivity index (χ4n) is 4.36. The van der Waals surface area contributed by atoms with Gasteiger partial charge >= 0.3 is 5.97 Å². The van der Waals surface area contributed by atoms with Crippen LogP contribution in [-0.2, 0) is 4.79 Å². The lowest BCUT2D eigenvalue weighted by atomic mass is 9.88. The van der Waals surface area contributed by atoms with E-state index in [0.29, 0.717) is 18.0 Å². The Balaban J connectivity index is 1.71. The fourth-order valence-corrected chi connectivity index (χ4v) is 4.36. The molecular formula is C30H33NO6. The maximum atomic E-state index is 11.4. The van der Waals surface area contributed by atoms with E-state index in [4.69, 9.17) is 18.9 Å². The van der Waals surface area contributed by atoms with Crippen molar-refractivity contribution in [2.24, 2.45) is 0 Å². The first-order valence-corrected chi connectivity index (χ1v) is 12.3. The van der Waals surface area contributed by atoms with Gasteiger partial charge in [0.1, 0.15) is 24.2 Å². The van der Waals surface area contributed by atoms with Gasteiger partial charge in [-0.25, -0.2) is 0 Å². The SMILES string of the molecule is CC/C(=C(/c1ccc(OCC(O)CN(C)C)cc1)c1ccc(OC(C)=O)cc1)c1ccc2c(c1)OCO2. The highest BCUT2D eigenvalue weighted by atomic mass is 16.7. The second kappa shape index (κ2) is 12.0. The molecule has 0 fully saturated rings. The van der Waals surface area contributed by atoms with Gasteiger partial charge in [0.25, 0.3) is 0 Å². The lowest BCUT2D eigenvalue weighted by molar-refractivity contribution is -0.131. The molecule has 1 atom stereocenters. The third-order valence-electron chi connectivity index (χ3n) is 5.94. The topological polar surface area (TPSA) is 77.5 Å². The first-order chi connectivity index (χ1) is 17.8. The minimum Gasteiger partial charge on any atom is -0.491 e. The van der Waals surface area contributed by atoms with E-state index in [1.807, 2.05) is 73.6 Å². The Morgan fingerprint density at radius 1 is 0.919 bits per heavy atom. The van der Waals surface area contributed by atoms with Crippen LogP contribution in [0.5, 0.6) is 23.0 Å². The molecular weight excluding hydrogens is 470 g/mol. The molecule has 3 aromatic carbocycles. The molecule has 0 radical (unpaired) electrons. The van der Waals surface area contributed by atoms with Crippen LogP contribution in [0.2, 0.25) is 0 Å². The summed E-state index contributed by atoms with van der Waals surface area (Å²) in [6.07, 6.45) is 0.203. The van der Waals surface area contributed by atoms with Crippen molar-refractivity contribution in [1.29, 1.82) is 0 Å². The van der Waals surface area contributed by atoms with Crippen molar-refractivity contribution >= 4 is 17.1 Å². The van der Waals surface area contributed by atoms with Crippen LogP contribution in [0, 0.1) is 0 Å². The number of carbonyl (C=O) groups is 1. The molecule has 0 spiro atoms. The molecule has 0 aromatic heterocycles. The van der Waals surface area contributed by atoms with Gasteiger partial charge in [0.15, 0.2) is 11.5 Å². The second-order valence-electron chi connectivity index (χ2n) is 9.14. The van der Waals surface area contributed by atoms with Crippen molar-refractivity contribution < 1.29 is 28.8 Å². The first-order valence-electron chi connectivity index (χ1n) is 12.3. The van der Waals surface area contributed by atoms with E-state index in [0.717, 1.165) is 45.8 Å². The number of hydrogen-bond donors (Lipinski definition) is 1. The third-order valence-corrected chi connectivity index (χ3v) is 5.94. The summed E-state index contributed by atoms with van der Waals surface area (Å²) in [4.78, 5) is 13.3.